The molecule has 1 aromatic rings. The molecule has 2 N–H and O–H groups in total. The Morgan fingerprint density at radius 3 is 2.52 bits per heavy atom. The fourth-order valence-electron chi connectivity index (χ4n) is 1.59. The first-order valence-corrected chi connectivity index (χ1v) is 6.92. The lowest BCUT2D eigenvalue weighted by molar-refractivity contribution is -0.138. The van der Waals surface area contributed by atoms with Gasteiger partial charge in [-0.1, -0.05) is 15.9 Å². The van der Waals surface area contributed by atoms with Crippen LogP contribution in [-0.4, -0.2) is 26.2 Å². The van der Waals surface area contributed by atoms with Gasteiger partial charge in [-0.15, -0.1) is 0 Å². The molecule has 0 amide bonds. The largest absolute Gasteiger partial charge is 0.493 e. The normalized spacial score (nSPS) is 11.3. The zero-order chi connectivity index (χ0) is 16.0. The standard InChI is InChI=1S/C13H15BrF3NO3/c1-20-12(19)8-6-10(14)9(13(15,16)17)7-11(8)21-5-3-2-4-18/h6-7H,2-5,18H2,1H3. The van der Waals surface area contributed by atoms with Gasteiger partial charge in [-0.25, -0.2) is 4.79 Å². The molecule has 0 heterocycles. The molecule has 1 rings (SSSR count). The fraction of sp³-hybridized carbons (Fsp3) is 0.462. The topological polar surface area (TPSA) is 61.5 Å². The van der Waals surface area contributed by atoms with Gasteiger partial charge in [0.15, 0.2) is 0 Å². The first-order chi connectivity index (χ1) is 9.81. The first-order valence-electron chi connectivity index (χ1n) is 6.13. The molecule has 0 bridgehead atoms. The van der Waals surface area contributed by atoms with Crippen LogP contribution in [0.3, 0.4) is 0 Å². The highest BCUT2D eigenvalue weighted by atomic mass is 79.9. The Morgan fingerprint density at radius 1 is 1.33 bits per heavy atom. The summed E-state index contributed by atoms with van der Waals surface area (Å²) in [6.45, 7) is 0.626. The van der Waals surface area contributed by atoms with Gasteiger partial charge in [0.25, 0.3) is 0 Å². The molecule has 0 saturated heterocycles. The summed E-state index contributed by atoms with van der Waals surface area (Å²) in [5.74, 6) is -0.923. The number of unbranched alkanes of at least 4 members (excludes halogenated alkanes) is 1. The second kappa shape index (κ2) is 7.65. The number of halogens is 4. The highest BCUT2D eigenvalue weighted by molar-refractivity contribution is 9.10. The van der Waals surface area contributed by atoms with E-state index < -0.39 is 17.7 Å². The molecule has 0 unspecified atom stereocenters. The minimum Gasteiger partial charge on any atom is -0.493 e. The van der Waals surface area contributed by atoms with Crippen LogP contribution in [-0.2, 0) is 10.9 Å². The average molecular weight is 370 g/mol. The van der Waals surface area contributed by atoms with Crippen LogP contribution in [0.4, 0.5) is 13.2 Å². The number of carbonyl (C=O) groups is 1. The number of alkyl halides is 3. The number of hydrogen-bond donors (Lipinski definition) is 1. The third kappa shape index (κ3) is 4.89. The number of carbonyl (C=O) groups excluding carboxylic acids is 1. The Morgan fingerprint density at radius 2 is 2.00 bits per heavy atom. The van der Waals surface area contributed by atoms with E-state index in [2.05, 4.69) is 20.7 Å². The number of methoxy groups -OCH3 is 1. The number of benzene rings is 1. The minimum absolute atomic E-state index is 0.0647. The Balaban J connectivity index is 3.12. The fourth-order valence-corrected chi connectivity index (χ4v) is 2.16. The maximum absolute atomic E-state index is 12.9. The summed E-state index contributed by atoms with van der Waals surface area (Å²) in [6.07, 6.45) is -3.30. The molecule has 0 fully saturated rings. The molecular weight excluding hydrogens is 355 g/mol. The average Bonchev–Trinajstić information content (AvgIpc) is 2.42. The van der Waals surface area contributed by atoms with Crippen molar-refractivity contribution in [1.29, 1.82) is 0 Å². The molecule has 0 spiro atoms. The van der Waals surface area contributed by atoms with Gasteiger partial charge in [0.2, 0.25) is 0 Å². The van der Waals surface area contributed by atoms with E-state index in [0.29, 0.717) is 19.4 Å². The Kier molecular flexibility index (Phi) is 6.47. The van der Waals surface area contributed by atoms with Crippen LogP contribution in [0.1, 0.15) is 28.8 Å². The van der Waals surface area contributed by atoms with Gasteiger partial charge in [-0.3, -0.25) is 0 Å². The summed E-state index contributed by atoms with van der Waals surface area (Å²) in [7, 11) is 1.14. The third-order valence-electron chi connectivity index (χ3n) is 2.64. The lowest BCUT2D eigenvalue weighted by Crippen LogP contribution is -2.12. The van der Waals surface area contributed by atoms with Crippen molar-refractivity contribution in [1.82, 2.24) is 0 Å². The van der Waals surface area contributed by atoms with Crippen molar-refractivity contribution in [2.24, 2.45) is 5.73 Å². The van der Waals surface area contributed by atoms with Crippen molar-refractivity contribution in [3.63, 3.8) is 0 Å². The van der Waals surface area contributed by atoms with E-state index in [1.165, 1.54) is 0 Å². The highest BCUT2D eigenvalue weighted by Crippen LogP contribution is 2.39. The second-order valence-corrected chi connectivity index (χ2v) is 5.02. The van der Waals surface area contributed by atoms with Crippen LogP contribution in [0, 0.1) is 0 Å². The maximum atomic E-state index is 12.9. The number of nitrogens with two attached hydrogens (primary N) is 1. The van der Waals surface area contributed by atoms with E-state index in [-0.39, 0.29) is 22.4 Å². The van der Waals surface area contributed by atoms with E-state index in [9.17, 15) is 18.0 Å². The predicted octanol–water partition coefficient (Wildman–Crippen LogP) is 3.37. The van der Waals surface area contributed by atoms with E-state index in [4.69, 9.17) is 10.5 Å². The van der Waals surface area contributed by atoms with Crippen molar-refractivity contribution in [2.45, 2.75) is 19.0 Å². The molecule has 4 nitrogen and oxygen atoms in total. The second-order valence-electron chi connectivity index (χ2n) is 4.16. The molecule has 21 heavy (non-hydrogen) atoms. The van der Waals surface area contributed by atoms with Gasteiger partial charge in [-0.05, 0) is 31.5 Å². The number of hydrogen-bond acceptors (Lipinski definition) is 4. The van der Waals surface area contributed by atoms with Crippen LogP contribution in [0.5, 0.6) is 5.75 Å². The summed E-state index contributed by atoms with van der Waals surface area (Å²) in [6, 6.07) is 1.84. The van der Waals surface area contributed by atoms with Gasteiger partial charge < -0.3 is 15.2 Å². The van der Waals surface area contributed by atoms with E-state index in [1.807, 2.05) is 0 Å². The first kappa shape index (κ1) is 17.8. The zero-order valence-electron chi connectivity index (χ0n) is 11.3. The van der Waals surface area contributed by atoms with Crippen molar-refractivity contribution in [2.75, 3.05) is 20.3 Å². The van der Waals surface area contributed by atoms with Crippen molar-refractivity contribution >= 4 is 21.9 Å². The van der Waals surface area contributed by atoms with Crippen LogP contribution < -0.4 is 10.5 Å². The molecule has 0 aromatic heterocycles. The molecule has 0 radical (unpaired) electrons. The van der Waals surface area contributed by atoms with Gasteiger partial charge in [0.1, 0.15) is 11.3 Å². The molecule has 8 heteroatoms. The summed E-state index contributed by atoms with van der Waals surface area (Å²) in [5, 5.41) is 0. The molecule has 0 aliphatic rings. The number of esters is 1. The van der Waals surface area contributed by atoms with Gasteiger partial charge >= 0.3 is 12.1 Å². The summed E-state index contributed by atoms with van der Waals surface area (Å²) >= 11 is 2.81. The lowest BCUT2D eigenvalue weighted by Gasteiger charge is -2.15. The monoisotopic (exact) mass is 369 g/mol. The van der Waals surface area contributed by atoms with Crippen molar-refractivity contribution in [3.8, 4) is 5.75 Å². The van der Waals surface area contributed by atoms with E-state index in [1.54, 1.807) is 0 Å². The third-order valence-corrected chi connectivity index (χ3v) is 3.29. The summed E-state index contributed by atoms with van der Waals surface area (Å²) < 4.78 is 48.2. The zero-order valence-corrected chi connectivity index (χ0v) is 12.9. The smallest absolute Gasteiger partial charge is 0.417 e. The Hall–Kier alpha value is -1.28. The SMILES string of the molecule is COC(=O)c1cc(Br)c(C(F)(F)F)cc1OCCCCN. The molecule has 1 aromatic carbocycles. The van der Waals surface area contributed by atoms with Gasteiger partial charge in [-0.2, -0.15) is 13.2 Å². The van der Waals surface area contributed by atoms with E-state index >= 15 is 0 Å². The summed E-state index contributed by atoms with van der Waals surface area (Å²) in [4.78, 5) is 11.6. The maximum Gasteiger partial charge on any atom is 0.417 e. The highest BCUT2D eigenvalue weighted by Gasteiger charge is 2.35. The van der Waals surface area contributed by atoms with E-state index in [0.717, 1.165) is 19.2 Å². The van der Waals surface area contributed by atoms with Crippen LogP contribution in [0.25, 0.3) is 0 Å². The predicted molar refractivity (Wildman–Crippen MR) is 74.3 cm³/mol. The summed E-state index contributed by atoms with van der Waals surface area (Å²) in [5.41, 5.74) is 4.35. The molecule has 0 aliphatic heterocycles. The minimum atomic E-state index is -4.55. The van der Waals surface area contributed by atoms with Crippen LogP contribution in [0.15, 0.2) is 16.6 Å². The van der Waals surface area contributed by atoms with Crippen LogP contribution in [0.2, 0.25) is 0 Å². The van der Waals surface area contributed by atoms with Crippen molar-refractivity contribution in [3.05, 3.63) is 27.7 Å². The van der Waals surface area contributed by atoms with Gasteiger partial charge in [0, 0.05) is 4.47 Å². The molecular formula is C13H15BrF3NO3. The molecule has 0 atom stereocenters. The lowest BCUT2D eigenvalue weighted by atomic mass is 10.1. The van der Waals surface area contributed by atoms with Crippen molar-refractivity contribution < 1.29 is 27.4 Å². The molecule has 0 saturated carbocycles. The Labute approximate surface area is 128 Å². The van der Waals surface area contributed by atoms with Crippen LogP contribution >= 0.6 is 15.9 Å². The quantitative estimate of drug-likeness (QED) is 0.616. The Bertz CT molecular complexity index is 506. The number of rotatable bonds is 6. The van der Waals surface area contributed by atoms with Gasteiger partial charge in [0.05, 0.1) is 19.3 Å². The number of ether oxygens (including phenoxy) is 2. The molecule has 0 aliphatic carbocycles. The molecule has 118 valence electrons.